The highest BCUT2D eigenvalue weighted by molar-refractivity contribution is 5.84. The van der Waals surface area contributed by atoms with Crippen molar-refractivity contribution in [1.29, 1.82) is 0 Å². The molecule has 132 valence electrons. The first kappa shape index (κ1) is 18.3. The van der Waals surface area contributed by atoms with Gasteiger partial charge in [0.1, 0.15) is 0 Å². The molecule has 0 saturated carbocycles. The van der Waals surface area contributed by atoms with Gasteiger partial charge in [0, 0.05) is 5.69 Å². The molecule has 0 heterocycles. The van der Waals surface area contributed by atoms with Gasteiger partial charge >= 0.3 is 0 Å². The summed E-state index contributed by atoms with van der Waals surface area (Å²) in [6.07, 6.45) is 1.83. The monoisotopic (exact) mass is 341 g/mol. The van der Waals surface area contributed by atoms with Gasteiger partial charge in [0.15, 0.2) is 11.5 Å². The van der Waals surface area contributed by atoms with Gasteiger partial charge in [-0.25, -0.2) is 5.43 Å². The SMILES string of the molecule is COc1ccc(/C=N\NC(=O)Cc2ccc(N)cc2)cc1OC(C)C. The van der Waals surface area contributed by atoms with Crippen molar-refractivity contribution in [3.63, 3.8) is 0 Å². The number of hydrazone groups is 1. The summed E-state index contributed by atoms with van der Waals surface area (Å²) in [7, 11) is 1.59. The van der Waals surface area contributed by atoms with E-state index in [9.17, 15) is 4.79 Å². The molecule has 2 aromatic carbocycles. The van der Waals surface area contributed by atoms with Gasteiger partial charge in [-0.05, 0) is 55.3 Å². The van der Waals surface area contributed by atoms with Crippen LogP contribution in [0, 0.1) is 0 Å². The highest BCUT2D eigenvalue weighted by Gasteiger charge is 2.07. The number of hydrogen-bond donors (Lipinski definition) is 2. The lowest BCUT2D eigenvalue weighted by Crippen LogP contribution is -2.19. The number of amides is 1. The van der Waals surface area contributed by atoms with Crippen LogP contribution in [0.5, 0.6) is 11.5 Å². The van der Waals surface area contributed by atoms with E-state index in [2.05, 4.69) is 10.5 Å². The number of nitrogens with two attached hydrogens (primary N) is 1. The minimum atomic E-state index is -0.201. The molecule has 0 aliphatic rings. The predicted molar refractivity (Wildman–Crippen MR) is 99.1 cm³/mol. The lowest BCUT2D eigenvalue weighted by molar-refractivity contribution is -0.120. The zero-order valence-corrected chi connectivity index (χ0v) is 14.7. The molecule has 0 atom stereocenters. The third-order valence-electron chi connectivity index (χ3n) is 3.30. The average molecular weight is 341 g/mol. The highest BCUT2D eigenvalue weighted by Crippen LogP contribution is 2.28. The standard InChI is InChI=1S/C19H23N3O3/c1-13(2)25-18-10-15(6-9-17(18)24-3)12-21-22-19(23)11-14-4-7-16(20)8-5-14/h4-10,12-13H,11,20H2,1-3H3,(H,22,23)/b21-12-. The third kappa shape index (κ3) is 5.84. The molecule has 3 N–H and O–H groups in total. The number of carbonyl (C=O) groups excluding carboxylic acids is 1. The average Bonchev–Trinajstić information content (AvgIpc) is 2.57. The molecule has 0 aromatic heterocycles. The number of hydrogen-bond acceptors (Lipinski definition) is 5. The number of nitrogens with zero attached hydrogens (tertiary/aromatic N) is 1. The van der Waals surface area contributed by atoms with Gasteiger partial charge in [0.05, 0.1) is 25.8 Å². The number of nitrogens with one attached hydrogen (secondary N) is 1. The van der Waals surface area contributed by atoms with Gasteiger partial charge in [-0.3, -0.25) is 4.79 Å². The highest BCUT2D eigenvalue weighted by atomic mass is 16.5. The molecule has 6 heteroatoms. The van der Waals surface area contributed by atoms with Gasteiger partial charge < -0.3 is 15.2 Å². The van der Waals surface area contributed by atoms with Crippen molar-refractivity contribution < 1.29 is 14.3 Å². The molecule has 0 fully saturated rings. The molecular formula is C19H23N3O3. The summed E-state index contributed by atoms with van der Waals surface area (Å²) in [4.78, 5) is 11.9. The van der Waals surface area contributed by atoms with Crippen LogP contribution in [0.15, 0.2) is 47.6 Å². The molecule has 0 aliphatic carbocycles. The van der Waals surface area contributed by atoms with Gasteiger partial charge in [0.25, 0.3) is 0 Å². The van der Waals surface area contributed by atoms with E-state index >= 15 is 0 Å². The van der Waals surface area contributed by atoms with Crippen molar-refractivity contribution >= 4 is 17.8 Å². The molecule has 25 heavy (non-hydrogen) atoms. The lowest BCUT2D eigenvalue weighted by atomic mass is 10.1. The maximum atomic E-state index is 11.9. The molecule has 6 nitrogen and oxygen atoms in total. The predicted octanol–water partition coefficient (Wildman–Crippen LogP) is 2.76. The largest absolute Gasteiger partial charge is 0.493 e. The van der Waals surface area contributed by atoms with E-state index in [-0.39, 0.29) is 18.4 Å². The maximum absolute atomic E-state index is 11.9. The van der Waals surface area contributed by atoms with Crippen molar-refractivity contribution in [3.8, 4) is 11.5 Å². The fraction of sp³-hybridized carbons (Fsp3) is 0.263. The second kappa shape index (κ2) is 8.73. The summed E-state index contributed by atoms with van der Waals surface area (Å²) in [6, 6.07) is 12.6. The molecule has 0 spiro atoms. The minimum absolute atomic E-state index is 0.0284. The first-order valence-corrected chi connectivity index (χ1v) is 7.99. The molecule has 0 aliphatic heterocycles. The zero-order valence-electron chi connectivity index (χ0n) is 14.7. The fourth-order valence-corrected chi connectivity index (χ4v) is 2.16. The van der Waals surface area contributed by atoms with E-state index in [4.69, 9.17) is 15.2 Å². The molecule has 0 radical (unpaired) electrons. The smallest absolute Gasteiger partial charge is 0.244 e. The number of methoxy groups -OCH3 is 1. The van der Waals surface area contributed by atoms with E-state index in [1.165, 1.54) is 0 Å². The number of rotatable bonds is 7. The Kier molecular flexibility index (Phi) is 6.39. The first-order chi connectivity index (χ1) is 12.0. The van der Waals surface area contributed by atoms with Gasteiger partial charge in [-0.15, -0.1) is 0 Å². The van der Waals surface area contributed by atoms with Crippen LogP contribution >= 0.6 is 0 Å². The van der Waals surface area contributed by atoms with Crippen LogP contribution in [-0.4, -0.2) is 25.3 Å². The Labute approximate surface area is 147 Å². The zero-order chi connectivity index (χ0) is 18.2. The van der Waals surface area contributed by atoms with E-state index in [0.29, 0.717) is 17.2 Å². The summed E-state index contributed by atoms with van der Waals surface area (Å²) in [5.41, 5.74) is 10.5. The Morgan fingerprint density at radius 3 is 2.56 bits per heavy atom. The van der Waals surface area contributed by atoms with Gasteiger partial charge in [-0.2, -0.15) is 5.10 Å². The normalized spacial score (nSPS) is 10.9. The van der Waals surface area contributed by atoms with Crippen LogP contribution in [0.25, 0.3) is 0 Å². The van der Waals surface area contributed by atoms with E-state index in [1.54, 1.807) is 31.5 Å². The van der Waals surface area contributed by atoms with Crippen molar-refractivity contribution in [3.05, 3.63) is 53.6 Å². The molecule has 0 bridgehead atoms. The molecule has 0 saturated heterocycles. The van der Waals surface area contributed by atoms with E-state index < -0.39 is 0 Å². The topological polar surface area (TPSA) is 85.9 Å². The summed E-state index contributed by atoms with van der Waals surface area (Å²) in [5, 5.41) is 3.99. The summed E-state index contributed by atoms with van der Waals surface area (Å²) >= 11 is 0. The summed E-state index contributed by atoms with van der Waals surface area (Å²) < 4.78 is 11.0. The van der Waals surface area contributed by atoms with Gasteiger partial charge in [-0.1, -0.05) is 12.1 Å². The molecule has 2 rings (SSSR count). The third-order valence-corrected chi connectivity index (χ3v) is 3.30. The molecule has 0 unspecified atom stereocenters. The quantitative estimate of drug-likeness (QED) is 0.461. The van der Waals surface area contributed by atoms with Crippen LogP contribution in [-0.2, 0) is 11.2 Å². The first-order valence-electron chi connectivity index (χ1n) is 7.99. The second-order valence-electron chi connectivity index (χ2n) is 5.79. The van der Waals surface area contributed by atoms with Gasteiger partial charge in [0.2, 0.25) is 5.91 Å². The number of anilines is 1. The summed E-state index contributed by atoms with van der Waals surface area (Å²) in [5.74, 6) is 1.08. The van der Waals surface area contributed by atoms with Crippen molar-refractivity contribution in [2.75, 3.05) is 12.8 Å². The van der Waals surface area contributed by atoms with Crippen LogP contribution in [0.4, 0.5) is 5.69 Å². The summed E-state index contributed by atoms with van der Waals surface area (Å²) in [6.45, 7) is 3.88. The van der Waals surface area contributed by atoms with Crippen LogP contribution < -0.4 is 20.6 Å². The number of carbonyl (C=O) groups is 1. The van der Waals surface area contributed by atoms with Crippen molar-refractivity contribution in [1.82, 2.24) is 5.43 Å². The van der Waals surface area contributed by atoms with E-state index in [1.807, 2.05) is 38.1 Å². The maximum Gasteiger partial charge on any atom is 0.244 e. The fourth-order valence-electron chi connectivity index (χ4n) is 2.16. The van der Waals surface area contributed by atoms with Crippen molar-refractivity contribution in [2.24, 2.45) is 5.10 Å². The van der Waals surface area contributed by atoms with Crippen LogP contribution in [0.1, 0.15) is 25.0 Å². The number of benzene rings is 2. The molecular weight excluding hydrogens is 318 g/mol. The minimum Gasteiger partial charge on any atom is -0.493 e. The number of nitrogen functional groups attached to an aromatic ring is 1. The Morgan fingerprint density at radius 2 is 1.92 bits per heavy atom. The van der Waals surface area contributed by atoms with Crippen LogP contribution in [0.3, 0.4) is 0 Å². The number of ether oxygens (including phenoxy) is 2. The second-order valence-corrected chi connectivity index (χ2v) is 5.79. The van der Waals surface area contributed by atoms with Crippen molar-refractivity contribution in [2.45, 2.75) is 26.4 Å². The Balaban J connectivity index is 1.96. The Bertz CT molecular complexity index is 740. The van der Waals surface area contributed by atoms with Crippen LogP contribution in [0.2, 0.25) is 0 Å². The lowest BCUT2D eigenvalue weighted by Gasteiger charge is -2.13. The van der Waals surface area contributed by atoms with E-state index in [0.717, 1.165) is 11.1 Å². The Hall–Kier alpha value is -3.02. The molecule has 2 aromatic rings. The Morgan fingerprint density at radius 1 is 1.20 bits per heavy atom. The molecule has 1 amide bonds.